The summed E-state index contributed by atoms with van der Waals surface area (Å²) in [4.78, 5) is 14.6. The number of nitriles is 1. The summed E-state index contributed by atoms with van der Waals surface area (Å²) in [5.74, 6) is 0. The van der Waals surface area contributed by atoms with E-state index >= 15 is 0 Å². The van der Waals surface area contributed by atoms with Crippen LogP contribution in [0, 0.1) is 11.3 Å². The van der Waals surface area contributed by atoms with E-state index in [-0.39, 0.29) is 5.56 Å². The highest BCUT2D eigenvalue weighted by atomic mass is 16.1. The van der Waals surface area contributed by atoms with E-state index in [1.807, 2.05) is 6.07 Å². The largest absolute Gasteiger partial charge is 0.338 e. The fourth-order valence-corrected chi connectivity index (χ4v) is 1.51. The number of benzene rings is 1. The predicted octanol–water partition coefficient (Wildman–Crippen LogP) is -0.176. The summed E-state index contributed by atoms with van der Waals surface area (Å²) in [7, 11) is 1.66. The van der Waals surface area contributed by atoms with Crippen molar-refractivity contribution in [3.05, 3.63) is 56.6 Å². The number of nitrogens with zero attached hydrogens (tertiary/aromatic N) is 2. The Balaban J connectivity index is 2.56. The van der Waals surface area contributed by atoms with Crippen LogP contribution in [0.25, 0.3) is 12.7 Å². The van der Waals surface area contributed by atoms with E-state index < -0.39 is 0 Å². The summed E-state index contributed by atoms with van der Waals surface area (Å²) >= 11 is 0. The molecule has 1 aromatic carbocycles. The number of H-pyrrole nitrogens is 1. The third kappa shape index (κ3) is 2.04. The molecule has 4 heteroatoms. The van der Waals surface area contributed by atoms with Crippen molar-refractivity contribution >= 4 is 12.7 Å². The molecule has 1 aromatic heterocycles. The Morgan fingerprint density at radius 3 is 2.53 bits per heavy atom. The summed E-state index contributed by atoms with van der Waals surface area (Å²) in [6, 6.07) is 9.06. The van der Waals surface area contributed by atoms with Crippen LogP contribution in [0.3, 0.4) is 0 Å². The molecule has 4 nitrogen and oxygen atoms in total. The minimum atomic E-state index is -0.112. The van der Waals surface area contributed by atoms with Crippen molar-refractivity contribution in [3.63, 3.8) is 0 Å². The Kier molecular flexibility index (Phi) is 2.67. The van der Waals surface area contributed by atoms with Gasteiger partial charge in [0.15, 0.2) is 0 Å². The Morgan fingerprint density at radius 2 is 2.06 bits per heavy atom. The van der Waals surface area contributed by atoms with Gasteiger partial charge >= 0.3 is 0 Å². The van der Waals surface area contributed by atoms with Gasteiger partial charge in [-0.05, 0) is 23.8 Å². The number of hydrogen-bond donors (Lipinski definition) is 1. The van der Waals surface area contributed by atoms with Crippen LogP contribution in [0.5, 0.6) is 0 Å². The molecule has 1 N–H and O–H groups in total. The van der Waals surface area contributed by atoms with Crippen LogP contribution < -0.4 is 16.4 Å². The van der Waals surface area contributed by atoms with Crippen LogP contribution in [0.1, 0.15) is 11.1 Å². The van der Waals surface area contributed by atoms with E-state index in [9.17, 15) is 4.79 Å². The van der Waals surface area contributed by atoms with Crippen molar-refractivity contribution in [3.8, 4) is 6.07 Å². The second-order valence-corrected chi connectivity index (χ2v) is 3.73. The second-order valence-electron chi connectivity index (χ2n) is 3.73. The zero-order valence-corrected chi connectivity index (χ0v) is 9.40. The highest BCUT2D eigenvalue weighted by molar-refractivity contribution is 5.49. The van der Waals surface area contributed by atoms with Crippen LogP contribution >= 0.6 is 0 Å². The molecule has 0 amide bonds. The quantitative estimate of drug-likeness (QED) is 0.732. The van der Waals surface area contributed by atoms with E-state index in [0.717, 1.165) is 5.56 Å². The van der Waals surface area contributed by atoms with Gasteiger partial charge < -0.3 is 4.98 Å². The van der Waals surface area contributed by atoms with Gasteiger partial charge in [0.2, 0.25) is 0 Å². The topological polar surface area (TPSA) is 61.6 Å². The molecular weight excluding hydrogens is 214 g/mol. The molecule has 1 heterocycles. The van der Waals surface area contributed by atoms with Crippen molar-refractivity contribution in [2.24, 2.45) is 7.05 Å². The lowest BCUT2D eigenvalue weighted by Gasteiger charge is -1.91. The van der Waals surface area contributed by atoms with Gasteiger partial charge in [-0.3, -0.25) is 9.36 Å². The van der Waals surface area contributed by atoms with Gasteiger partial charge in [-0.1, -0.05) is 18.7 Å². The van der Waals surface area contributed by atoms with Gasteiger partial charge in [0.25, 0.3) is 5.56 Å². The van der Waals surface area contributed by atoms with Gasteiger partial charge in [0.1, 0.15) is 10.8 Å². The SMILES string of the molecule is C=c1[nH]c(=Cc2ccc(C#N)cc2)c(=O)n1C. The van der Waals surface area contributed by atoms with Crippen molar-refractivity contribution in [1.29, 1.82) is 5.26 Å². The maximum absolute atomic E-state index is 11.7. The van der Waals surface area contributed by atoms with Crippen molar-refractivity contribution in [2.45, 2.75) is 0 Å². The molecule has 2 aromatic rings. The van der Waals surface area contributed by atoms with Gasteiger partial charge in [-0.2, -0.15) is 5.26 Å². The standard InChI is InChI=1S/C13H11N3O/c1-9-15-12(13(17)16(9)2)7-10-3-5-11(8-14)6-4-10/h3-7,15H,1H2,2H3. The first-order chi connectivity index (χ1) is 8.11. The number of aromatic amines is 1. The van der Waals surface area contributed by atoms with Gasteiger partial charge in [-0.15, -0.1) is 0 Å². The molecule has 0 saturated carbocycles. The Morgan fingerprint density at radius 1 is 1.41 bits per heavy atom. The average Bonchev–Trinajstić information content (AvgIpc) is 2.58. The summed E-state index contributed by atoms with van der Waals surface area (Å²) in [6.07, 6.45) is 1.73. The Bertz CT molecular complexity index is 742. The molecule has 0 aliphatic carbocycles. The van der Waals surface area contributed by atoms with Crippen LogP contribution in [0.4, 0.5) is 0 Å². The highest BCUT2D eigenvalue weighted by Gasteiger charge is 1.97. The number of hydrogen-bond acceptors (Lipinski definition) is 2. The van der Waals surface area contributed by atoms with Gasteiger partial charge in [0.05, 0.1) is 11.6 Å². The van der Waals surface area contributed by atoms with Crippen molar-refractivity contribution < 1.29 is 0 Å². The molecule has 0 unspecified atom stereocenters. The first kappa shape index (κ1) is 11.0. The molecule has 0 aliphatic heterocycles. The molecule has 0 fully saturated rings. The zero-order chi connectivity index (χ0) is 12.4. The molecule has 0 aliphatic rings. The summed E-state index contributed by atoms with van der Waals surface area (Å²) in [6.45, 7) is 3.71. The third-order valence-electron chi connectivity index (χ3n) is 2.57. The minimum Gasteiger partial charge on any atom is -0.338 e. The minimum absolute atomic E-state index is 0.112. The van der Waals surface area contributed by atoms with E-state index in [4.69, 9.17) is 5.26 Å². The molecule has 84 valence electrons. The lowest BCUT2D eigenvalue weighted by molar-refractivity contribution is 0.840. The van der Waals surface area contributed by atoms with E-state index in [2.05, 4.69) is 11.6 Å². The lowest BCUT2D eigenvalue weighted by atomic mass is 10.1. The fourth-order valence-electron chi connectivity index (χ4n) is 1.51. The second kappa shape index (κ2) is 4.14. The van der Waals surface area contributed by atoms with Crippen LogP contribution in [0.15, 0.2) is 29.1 Å². The predicted molar refractivity (Wildman–Crippen MR) is 65.5 cm³/mol. The molecule has 17 heavy (non-hydrogen) atoms. The van der Waals surface area contributed by atoms with Gasteiger partial charge in [-0.25, -0.2) is 0 Å². The normalized spacial score (nSPS) is 11.4. The first-order valence-corrected chi connectivity index (χ1v) is 5.07. The number of imidazole rings is 1. The fraction of sp³-hybridized carbons (Fsp3) is 0.0769. The molecule has 0 saturated heterocycles. The molecule has 0 spiro atoms. The monoisotopic (exact) mass is 225 g/mol. The summed E-state index contributed by atoms with van der Waals surface area (Å²) in [5.41, 5.74) is 1.91. The molecule has 2 rings (SSSR count). The number of nitrogens with one attached hydrogen (secondary N) is 1. The zero-order valence-electron chi connectivity index (χ0n) is 9.40. The molecule has 0 radical (unpaired) electrons. The van der Waals surface area contributed by atoms with Crippen molar-refractivity contribution in [1.82, 2.24) is 9.55 Å². The van der Waals surface area contributed by atoms with Crippen LogP contribution in [-0.4, -0.2) is 9.55 Å². The van der Waals surface area contributed by atoms with E-state index in [1.54, 1.807) is 37.4 Å². The van der Waals surface area contributed by atoms with E-state index in [0.29, 0.717) is 16.4 Å². The summed E-state index contributed by atoms with van der Waals surface area (Å²) < 4.78 is 1.45. The molecule has 0 bridgehead atoms. The average molecular weight is 225 g/mol. The first-order valence-electron chi connectivity index (χ1n) is 5.07. The third-order valence-corrected chi connectivity index (χ3v) is 2.57. The Labute approximate surface area is 97.8 Å². The van der Waals surface area contributed by atoms with Gasteiger partial charge in [0, 0.05) is 7.05 Å². The van der Waals surface area contributed by atoms with E-state index in [1.165, 1.54) is 4.57 Å². The number of rotatable bonds is 1. The molecular formula is C13H11N3O. The smallest absolute Gasteiger partial charge is 0.275 e. The van der Waals surface area contributed by atoms with Crippen molar-refractivity contribution in [2.75, 3.05) is 0 Å². The maximum atomic E-state index is 11.7. The lowest BCUT2D eigenvalue weighted by Crippen LogP contribution is -2.28. The maximum Gasteiger partial charge on any atom is 0.275 e. The summed E-state index contributed by atoms with van der Waals surface area (Å²) in [5, 5.41) is 9.16. The Hall–Kier alpha value is -2.54. The van der Waals surface area contributed by atoms with Crippen LogP contribution in [0.2, 0.25) is 0 Å². The number of aromatic nitrogens is 2. The van der Waals surface area contributed by atoms with Crippen LogP contribution in [-0.2, 0) is 7.05 Å². The highest BCUT2D eigenvalue weighted by Crippen LogP contribution is 2.02. The molecule has 0 atom stereocenters.